The first-order chi connectivity index (χ1) is 15.6. The molecule has 0 N–H and O–H groups in total. The van der Waals surface area contributed by atoms with Gasteiger partial charge in [0.05, 0.1) is 12.9 Å². The van der Waals surface area contributed by atoms with Gasteiger partial charge in [0.2, 0.25) is 5.91 Å². The van der Waals surface area contributed by atoms with E-state index in [9.17, 15) is 4.79 Å². The summed E-state index contributed by atoms with van der Waals surface area (Å²) < 4.78 is 7.41. The van der Waals surface area contributed by atoms with Gasteiger partial charge in [-0.25, -0.2) is 0 Å². The van der Waals surface area contributed by atoms with E-state index in [1.807, 2.05) is 33.7 Å². The molecule has 168 valence electrons. The highest BCUT2D eigenvalue weighted by Crippen LogP contribution is 2.30. The van der Waals surface area contributed by atoms with Crippen LogP contribution in [0.2, 0.25) is 0 Å². The van der Waals surface area contributed by atoms with E-state index >= 15 is 0 Å². The van der Waals surface area contributed by atoms with Crippen molar-refractivity contribution in [3.8, 4) is 22.8 Å². The maximum Gasteiger partial charge on any atom is 0.233 e. The molecule has 32 heavy (non-hydrogen) atoms. The average Bonchev–Trinajstić information content (AvgIpc) is 3.27. The normalized spacial score (nSPS) is 14.5. The van der Waals surface area contributed by atoms with Crippen LogP contribution in [-0.2, 0) is 4.79 Å². The maximum absolute atomic E-state index is 12.8. The highest BCUT2D eigenvalue weighted by molar-refractivity contribution is 7.99. The van der Waals surface area contributed by atoms with Gasteiger partial charge in [-0.05, 0) is 37.7 Å². The summed E-state index contributed by atoms with van der Waals surface area (Å²) in [5.74, 6) is 1.97. The van der Waals surface area contributed by atoms with Gasteiger partial charge in [-0.15, -0.1) is 10.2 Å². The number of ether oxygens (including phenoxy) is 1. The molecule has 1 saturated heterocycles. The number of aromatic nitrogens is 3. The molecular formula is C24H29N5O2S. The number of carbonyl (C=O) groups is 1. The first-order valence-corrected chi connectivity index (χ1v) is 11.9. The van der Waals surface area contributed by atoms with Crippen molar-refractivity contribution in [1.82, 2.24) is 24.6 Å². The second kappa shape index (κ2) is 10.2. The molecular weight excluding hydrogens is 422 g/mol. The van der Waals surface area contributed by atoms with E-state index in [-0.39, 0.29) is 5.91 Å². The fourth-order valence-corrected chi connectivity index (χ4v) is 4.62. The summed E-state index contributed by atoms with van der Waals surface area (Å²) in [6.07, 6.45) is 0. The quantitative estimate of drug-likeness (QED) is 0.513. The van der Waals surface area contributed by atoms with Crippen LogP contribution in [0.4, 0.5) is 0 Å². The fraction of sp³-hybridized carbons (Fsp3) is 0.375. The van der Waals surface area contributed by atoms with E-state index in [0.29, 0.717) is 10.9 Å². The predicted molar refractivity (Wildman–Crippen MR) is 128 cm³/mol. The number of likely N-dealkylation sites (N-methyl/N-ethyl adjacent to an activating group) is 1. The Kier molecular flexibility index (Phi) is 7.12. The molecule has 0 spiro atoms. The van der Waals surface area contributed by atoms with Crippen LogP contribution >= 0.6 is 11.8 Å². The number of hydrogen-bond acceptors (Lipinski definition) is 6. The molecule has 1 aliphatic heterocycles. The Labute approximate surface area is 193 Å². The maximum atomic E-state index is 12.8. The van der Waals surface area contributed by atoms with Gasteiger partial charge in [-0.2, -0.15) is 0 Å². The zero-order valence-corrected chi connectivity index (χ0v) is 19.6. The van der Waals surface area contributed by atoms with E-state index in [1.165, 1.54) is 17.3 Å². The number of methoxy groups -OCH3 is 1. The lowest BCUT2D eigenvalue weighted by Gasteiger charge is -2.34. The molecule has 1 fully saturated rings. The number of amides is 1. The van der Waals surface area contributed by atoms with Gasteiger partial charge in [-0.3, -0.25) is 9.36 Å². The van der Waals surface area contributed by atoms with Crippen molar-refractivity contribution >= 4 is 17.7 Å². The summed E-state index contributed by atoms with van der Waals surface area (Å²) in [7, 11) is 1.65. The molecule has 0 atom stereocenters. The third-order valence-electron chi connectivity index (χ3n) is 5.75. The van der Waals surface area contributed by atoms with Crippen molar-refractivity contribution in [3.63, 3.8) is 0 Å². The third kappa shape index (κ3) is 4.97. The van der Waals surface area contributed by atoms with Crippen LogP contribution in [0, 0.1) is 6.92 Å². The first-order valence-electron chi connectivity index (χ1n) is 10.9. The minimum atomic E-state index is 0.145. The minimum absolute atomic E-state index is 0.145. The van der Waals surface area contributed by atoms with Gasteiger partial charge < -0.3 is 14.5 Å². The van der Waals surface area contributed by atoms with Gasteiger partial charge in [0, 0.05) is 37.4 Å². The largest absolute Gasteiger partial charge is 0.497 e. The smallest absolute Gasteiger partial charge is 0.233 e. The number of nitrogens with zero attached hydrogens (tertiary/aromatic N) is 5. The highest BCUT2D eigenvalue weighted by Gasteiger charge is 2.22. The molecule has 2 aromatic carbocycles. The first kappa shape index (κ1) is 22.4. The summed E-state index contributed by atoms with van der Waals surface area (Å²) >= 11 is 1.43. The molecule has 4 rings (SSSR count). The molecule has 0 radical (unpaired) electrons. The Bertz CT molecular complexity index is 1060. The molecule has 1 aliphatic rings. The number of piperazine rings is 1. The average molecular weight is 452 g/mol. The number of thioether (sulfide) groups is 1. The summed E-state index contributed by atoms with van der Waals surface area (Å²) in [5.41, 5.74) is 3.05. The molecule has 2 heterocycles. The van der Waals surface area contributed by atoms with Crippen molar-refractivity contribution in [2.45, 2.75) is 19.0 Å². The molecule has 0 saturated carbocycles. The van der Waals surface area contributed by atoms with Crippen LogP contribution in [-0.4, -0.2) is 76.1 Å². The van der Waals surface area contributed by atoms with Crippen LogP contribution < -0.4 is 4.74 Å². The number of hydrogen-bond donors (Lipinski definition) is 0. The topological polar surface area (TPSA) is 63.5 Å². The lowest BCUT2D eigenvalue weighted by Crippen LogP contribution is -2.49. The van der Waals surface area contributed by atoms with Crippen LogP contribution in [0.3, 0.4) is 0 Å². The molecule has 3 aromatic rings. The van der Waals surface area contributed by atoms with E-state index in [4.69, 9.17) is 4.74 Å². The predicted octanol–water partition coefficient (Wildman–Crippen LogP) is 3.51. The fourth-order valence-electron chi connectivity index (χ4n) is 3.77. The Morgan fingerprint density at radius 2 is 1.81 bits per heavy atom. The van der Waals surface area contributed by atoms with Gasteiger partial charge in [0.15, 0.2) is 11.0 Å². The molecule has 8 heteroatoms. The van der Waals surface area contributed by atoms with Crippen molar-refractivity contribution in [2.75, 3.05) is 45.6 Å². The van der Waals surface area contributed by atoms with Crippen molar-refractivity contribution in [1.29, 1.82) is 0 Å². The molecule has 0 aliphatic carbocycles. The molecule has 0 unspecified atom stereocenters. The van der Waals surface area contributed by atoms with Gasteiger partial charge in [0.25, 0.3) is 0 Å². The van der Waals surface area contributed by atoms with Crippen molar-refractivity contribution in [3.05, 3.63) is 54.1 Å². The van der Waals surface area contributed by atoms with Crippen LogP contribution in [0.5, 0.6) is 5.75 Å². The zero-order valence-electron chi connectivity index (χ0n) is 18.8. The second-order valence-electron chi connectivity index (χ2n) is 7.81. The molecule has 7 nitrogen and oxygen atoms in total. The number of benzene rings is 2. The lowest BCUT2D eigenvalue weighted by molar-refractivity contribution is -0.130. The summed E-state index contributed by atoms with van der Waals surface area (Å²) in [5, 5.41) is 9.62. The monoisotopic (exact) mass is 451 g/mol. The molecule has 1 amide bonds. The molecule has 1 aromatic heterocycles. The zero-order chi connectivity index (χ0) is 22.5. The third-order valence-corrected chi connectivity index (χ3v) is 6.66. The molecule has 0 bridgehead atoms. The Balaban J connectivity index is 1.58. The lowest BCUT2D eigenvalue weighted by atomic mass is 10.2. The summed E-state index contributed by atoms with van der Waals surface area (Å²) in [6, 6.07) is 16.0. The Hall–Kier alpha value is -2.84. The second-order valence-corrected chi connectivity index (χ2v) is 8.76. The van der Waals surface area contributed by atoms with Gasteiger partial charge in [-0.1, -0.05) is 48.5 Å². The Morgan fingerprint density at radius 3 is 2.50 bits per heavy atom. The number of rotatable bonds is 7. The summed E-state index contributed by atoms with van der Waals surface area (Å²) in [6.45, 7) is 8.69. The van der Waals surface area contributed by atoms with E-state index < -0.39 is 0 Å². The van der Waals surface area contributed by atoms with E-state index in [0.717, 1.165) is 55.5 Å². The van der Waals surface area contributed by atoms with Crippen molar-refractivity contribution in [2.24, 2.45) is 0 Å². The van der Waals surface area contributed by atoms with Crippen LogP contribution in [0.15, 0.2) is 53.7 Å². The van der Waals surface area contributed by atoms with Crippen molar-refractivity contribution < 1.29 is 9.53 Å². The highest BCUT2D eigenvalue weighted by atomic mass is 32.2. The van der Waals surface area contributed by atoms with Gasteiger partial charge >= 0.3 is 0 Å². The van der Waals surface area contributed by atoms with Crippen LogP contribution in [0.25, 0.3) is 17.1 Å². The van der Waals surface area contributed by atoms with Crippen LogP contribution in [0.1, 0.15) is 12.5 Å². The number of aryl methyl sites for hydroxylation is 1. The van der Waals surface area contributed by atoms with Gasteiger partial charge in [0.1, 0.15) is 5.75 Å². The number of carbonyl (C=O) groups excluding carboxylic acids is 1. The van der Waals surface area contributed by atoms with E-state index in [1.54, 1.807) is 7.11 Å². The Morgan fingerprint density at radius 1 is 1.06 bits per heavy atom. The standard InChI is InChI=1S/C24H29N5O2S/c1-4-27-12-14-28(15-13-27)22(30)17-32-24-26-25-23(19-6-5-7-21(16-19)31-3)29(24)20-10-8-18(2)9-11-20/h5-11,16H,4,12-15,17H2,1-3H3. The minimum Gasteiger partial charge on any atom is -0.497 e. The SMILES string of the molecule is CCN1CCN(C(=O)CSc2nnc(-c3cccc(OC)c3)n2-c2ccc(C)cc2)CC1. The van der Waals surface area contributed by atoms with E-state index in [2.05, 4.69) is 53.2 Å². The summed E-state index contributed by atoms with van der Waals surface area (Å²) in [4.78, 5) is 17.2.